The highest BCUT2D eigenvalue weighted by Crippen LogP contribution is 2.36. The van der Waals surface area contributed by atoms with Crippen LogP contribution in [0.3, 0.4) is 0 Å². The lowest BCUT2D eigenvalue weighted by molar-refractivity contribution is 0.0303. The van der Waals surface area contributed by atoms with Crippen LogP contribution >= 0.6 is 34.5 Å². The van der Waals surface area contributed by atoms with Gasteiger partial charge in [0.15, 0.2) is 0 Å². The molecule has 3 nitrogen and oxygen atoms in total. The number of nitrogens with one attached hydrogen (secondary N) is 1. The summed E-state index contributed by atoms with van der Waals surface area (Å²) in [6.07, 6.45) is -0.139. The van der Waals surface area contributed by atoms with Gasteiger partial charge < -0.3 is 9.57 Å². The van der Waals surface area contributed by atoms with Crippen LogP contribution < -0.4 is 5.48 Å². The molecule has 94 valence electrons. The molecule has 0 saturated carbocycles. The number of hydrogen-bond acceptors (Lipinski definition) is 4. The molecule has 0 fully saturated rings. The van der Waals surface area contributed by atoms with Gasteiger partial charge in [0.1, 0.15) is 6.10 Å². The van der Waals surface area contributed by atoms with Crippen LogP contribution in [0, 0.1) is 0 Å². The Morgan fingerprint density at radius 2 is 2.00 bits per heavy atom. The summed E-state index contributed by atoms with van der Waals surface area (Å²) in [7, 11) is 3.17. The quantitative estimate of drug-likeness (QED) is 0.832. The van der Waals surface area contributed by atoms with Crippen molar-refractivity contribution in [2.75, 3.05) is 20.8 Å². The summed E-state index contributed by atoms with van der Waals surface area (Å²) in [5.74, 6) is 0. The Labute approximate surface area is 111 Å². The average Bonchev–Trinajstić information content (AvgIpc) is 2.62. The first kappa shape index (κ1) is 16.2. The predicted molar refractivity (Wildman–Crippen MR) is 70.4 cm³/mol. The van der Waals surface area contributed by atoms with Crippen molar-refractivity contribution in [3.8, 4) is 0 Å². The van der Waals surface area contributed by atoms with Gasteiger partial charge in [-0.1, -0.05) is 37.0 Å². The third-order valence-electron chi connectivity index (χ3n) is 1.67. The number of methoxy groups -OCH3 is 1. The van der Waals surface area contributed by atoms with Gasteiger partial charge in [0.05, 0.1) is 27.9 Å². The highest BCUT2D eigenvalue weighted by Gasteiger charge is 2.17. The van der Waals surface area contributed by atoms with Gasteiger partial charge in [-0.15, -0.1) is 11.3 Å². The first-order valence-electron chi connectivity index (χ1n) is 4.92. The molecule has 0 radical (unpaired) electrons. The van der Waals surface area contributed by atoms with Crippen molar-refractivity contribution < 1.29 is 9.57 Å². The number of halogens is 2. The fourth-order valence-electron chi connectivity index (χ4n) is 1.02. The topological polar surface area (TPSA) is 30.5 Å². The first-order chi connectivity index (χ1) is 7.69. The van der Waals surface area contributed by atoms with Crippen LogP contribution in [0.5, 0.6) is 0 Å². The second-order valence-electron chi connectivity index (χ2n) is 2.54. The summed E-state index contributed by atoms with van der Waals surface area (Å²) < 4.78 is 5.91. The zero-order valence-corrected chi connectivity index (χ0v) is 12.2. The van der Waals surface area contributed by atoms with Gasteiger partial charge in [-0.05, 0) is 6.07 Å². The minimum Gasteiger partial charge on any atom is -0.374 e. The lowest BCUT2D eigenvalue weighted by atomic mass is 10.3. The van der Waals surface area contributed by atoms with Crippen molar-refractivity contribution in [3.63, 3.8) is 0 Å². The first-order valence-corrected chi connectivity index (χ1v) is 6.49. The Morgan fingerprint density at radius 3 is 2.38 bits per heavy atom. The van der Waals surface area contributed by atoms with Crippen LogP contribution in [0.1, 0.15) is 24.8 Å². The second-order valence-corrected chi connectivity index (χ2v) is 4.66. The Morgan fingerprint density at radius 1 is 1.38 bits per heavy atom. The van der Waals surface area contributed by atoms with Crippen molar-refractivity contribution >= 4 is 34.5 Å². The van der Waals surface area contributed by atoms with E-state index < -0.39 is 0 Å². The Balaban J connectivity index is 0.00000106. The minimum absolute atomic E-state index is 0.139. The summed E-state index contributed by atoms with van der Waals surface area (Å²) >= 11 is 13.2. The number of hydroxylamine groups is 1. The molecular weight excluding hydrogens is 269 g/mol. The SMILES string of the molecule is CC.CONCC(OC)c1sc(Cl)cc1Cl. The molecule has 1 aromatic rings. The molecule has 0 aliphatic rings. The normalized spacial score (nSPS) is 11.9. The van der Waals surface area contributed by atoms with Gasteiger partial charge in [0.25, 0.3) is 0 Å². The molecule has 16 heavy (non-hydrogen) atoms. The highest BCUT2D eigenvalue weighted by molar-refractivity contribution is 7.16. The molecule has 0 saturated heterocycles. The lowest BCUT2D eigenvalue weighted by Crippen LogP contribution is -2.21. The molecule has 0 amide bonds. The zero-order chi connectivity index (χ0) is 12.6. The largest absolute Gasteiger partial charge is 0.374 e. The minimum atomic E-state index is -0.139. The second kappa shape index (κ2) is 9.22. The van der Waals surface area contributed by atoms with Gasteiger partial charge >= 0.3 is 0 Å². The Bertz CT molecular complexity index is 294. The van der Waals surface area contributed by atoms with Gasteiger partial charge in [-0.25, -0.2) is 0 Å². The molecule has 0 aliphatic carbocycles. The van der Waals surface area contributed by atoms with Crippen molar-refractivity contribution in [2.24, 2.45) is 0 Å². The smallest absolute Gasteiger partial charge is 0.108 e. The van der Waals surface area contributed by atoms with Crippen LogP contribution in [0.25, 0.3) is 0 Å². The van der Waals surface area contributed by atoms with Crippen LogP contribution in [0.15, 0.2) is 6.07 Å². The maximum atomic E-state index is 5.97. The van der Waals surface area contributed by atoms with E-state index in [9.17, 15) is 0 Å². The van der Waals surface area contributed by atoms with Crippen molar-refractivity contribution in [1.82, 2.24) is 5.48 Å². The van der Waals surface area contributed by atoms with Crippen LogP contribution in [0.4, 0.5) is 0 Å². The fraction of sp³-hybridized carbons (Fsp3) is 0.600. The van der Waals surface area contributed by atoms with Crippen molar-refractivity contribution in [3.05, 3.63) is 20.3 Å². The molecule has 1 rings (SSSR count). The Kier molecular flexibility index (Phi) is 9.31. The number of ether oxygens (including phenoxy) is 1. The van der Waals surface area contributed by atoms with E-state index in [-0.39, 0.29) is 6.10 Å². The summed E-state index contributed by atoms with van der Waals surface area (Å²) in [5.41, 5.74) is 2.71. The van der Waals surface area contributed by atoms with E-state index >= 15 is 0 Å². The molecule has 0 spiro atoms. The number of hydrogen-bond donors (Lipinski definition) is 1. The average molecular weight is 286 g/mol. The summed E-state index contributed by atoms with van der Waals surface area (Å²) in [6.45, 7) is 4.53. The molecule has 0 aliphatic heterocycles. The fourth-order valence-corrected chi connectivity index (χ4v) is 2.70. The van der Waals surface area contributed by atoms with E-state index in [4.69, 9.17) is 32.8 Å². The third kappa shape index (κ3) is 4.99. The molecule has 6 heteroatoms. The number of thiophene rings is 1. The monoisotopic (exact) mass is 285 g/mol. The maximum Gasteiger partial charge on any atom is 0.108 e. The van der Waals surface area contributed by atoms with E-state index in [1.54, 1.807) is 20.3 Å². The van der Waals surface area contributed by atoms with Gasteiger partial charge in [-0.3, -0.25) is 0 Å². The van der Waals surface area contributed by atoms with Gasteiger partial charge in [-0.2, -0.15) is 5.48 Å². The van der Waals surface area contributed by atoms with E-state index in [1.807, 2.05) is 13.8 Å². The summed E-state index contributed by atoms with van der Waals surface area (Å²) in [5, 5.41) is 0.629. The van der Waals surface area contributed by atoms with E-state index in [2.05, 4.69) is 5.48 Å². The standard InChI is InChI=1S/C8H11Cl2NO2S.C2H6/c1-12-6(4-11-13-2)8-5(9)3-7(10)14-8;1-2/h3,6,11H,4H2,1-2H3;1-2H3. The van der Waals surface area contributed by atoms with E-state index in [0.29, 0.717) is 15.9 Å². The molecule has 1 heterocycles. The van der Waals surface area contributed by atoms with Gasteiger partial charge in [0, 0.05) is 7.11 Å². The van der Waals surface area contributed by atoms with Gasteiger partial charge in [0.2, 0.25) is 0 Å². The molecule has 0 bridgehead atoms. The summed E-state index contributed by atoms with van der Waals surface area (Å²) in [6, 6.07) is 1.71. The number of rotatable bonds is 5. The molecule has 1 aromatic heterocycles. The summed E-state index contributed by atoms with van der Waals surface area (Å²) in [4.78, 5) is 5.65. The molecule has 1 N–H and O–H groups in total. The molecule has 1 unspecified atom stereocenters. The predicted octanol–water partition coefficient (Wildman–Crippen LogP) is 3.92. The Hall–Kier alpha value is 0.160. The molecule has 1 atom stereocenters. The molecular formula is C10H17Cl2NO2S. The third-order valence-corrected chi connectivity index (χ3v) is 3.45. The highest BCUT2D eigenvalue weighted by atomic mass is 35.5. The van der Waals surface area contributed by atoms with E-state index in [0.717, 1.165) is 4.88 Å². The van der Waals surface area contributed by atoms with Crippen LogP contribution in [-0.2, 0) is 9.57 Å². The van der Waals surface area contributed by atoms with Crippen LogP contribution in [-0.4, -0.2) is 20.8 Å². The zero-order valence-electron chi connectivity index (χ0n) is 9.84. The van der Waals surface area contributed by atoms with E-state index in [1.165, 1.54) is 11.3 Å². The van der Waals surface area contributed by atoms with Crippen molar-refractivity contribution in [2.45, 2.75) is 20.0 Å². The van der Waals surface area contributed by atoms with Crippen LogP contribution in [0.2, 0.25) is 9.36 Å². The lowest BCUT2D eigenvalue weighted by Gasteiger charge is -2.13. The molecule has 0 aromatic carbocycles. The van der Waals surface area contributed by atoms with Crippen molar-refractivity contribution in [1.29, 1.82) is 0 Å². The maximum absolute atomic E-state index is 5.97.